The summed E-state index contributed by atoms with van der Waals surface area (Å²) in [6.45, 7) is 0.930. The van der Waals surface area contributed by atoms with E-state index >= 15 is 0 Å². The van der Waals surface area contributed by atoms with Crippen molar-refractivity contribution in [1.29, 1.82) is 0 Å². The Hall–Kier alpha value is -2.70. The van der Waals surface area contributed by atoms with Crippen LogP contribution in [0.15, 0.2) is 36.5 Å². The Labute approximate surface area is 145 Å². The highest BCUT2D eigenvalue weighted by molar-refractivity contribution is 5.81. The van der Waals surface area contributed by atoms with Gasteiger partial charge in [0.05, 0.1) is 11.6 Å². The normalized spacial score (nSPS) is 25.1. The van der Waals surface area contributed by atoms with Crippen LogP contribution in [0, 0.1) is 11.3 Å². The fourth-order valence-electron chi connectivity index (χ4n) is 4.18. The van der Waals surface area contributed by atoms with Gasteiger partial charge in [0.2, 0.25) is 5.91 Å². The van der Waals surface area contributed by atoms with Gasteiger partial charge in [-0.1, -0.05) is 42.0 Å². The van der Waals surface area contributed by atoms with Gasteiger partial charge < -0.3 is 10.0 Å². The van der Waals surface area contributed by atoms with Gasteiger partial charge in [0.1, 0.15) is 12.2 Å². The summed E-state index contributed by atoms with van der Waals surface area (Å²) in [4.78, 5) is 26.0. The standard InChI is InChI=1S/C18H20N4O3/c23-16(21-9-14-7-4-8-18(14,12-21)17(24)25)11-22-10-15(19-20-22)13-5-2-1-3-6-13/h1-3,5-6,10,14H,4,7-9,11-12H2,(H,24,25)/t14-,18+/m0/s1. The van der Waals surface area contributed by atoms with Crippen molar-refractivity contribution in [3.8, 4) is 11.3 Å². The van der Waals surface area contributed by atoms with Gasteiger partial charge >= 0.3 is 5.97 Å². The van der Waals surface area contributed by atoms with Gasteiger partial charge in [-0.3, -0.25) is 9.59 Å². The molecule has 1 aromatic carbocycles. The van der Waals surface area contributed by atoms with E-state index in [-0.39, 0.29) is 18.4 Å². The fraction of sp³-hybridized carbons (Fsp3) is 0.444. The SMILES string of the molecule is O=C(Cn1cc(-c2ccccc2)nn1)N1C[C@@H]2CCC[C@@]2(C(=O)O)C1. The second-order valence-electron chi connectivity index (χ2n) is 6.99. The minimum Gasteiger partial charge on any atom is -0.481 e. The zero-order valence-corrected chi connectivity index (χ0v) is 13.8. The number of hydrogen-bond acceptors (Lipinski definition) is 4. The number of carbonyl (C=O) groups excluding carboxylic acids is 1. The summed E-state index contributed by atoms with van der Waals surface area (Å²) in [5.74, 6) is -0.790. The average Bonchev–Trinajstić information content (AvgIpc) is 3.29. The Morgan fingerprint density at radius 3 is 2.80 bits per heavy atom. The first kappa shape index (κ1) is 15.8. The van der Waals surface area contributed by atoms with E-state index in [1.807, 2.05) is 30.3 Å². The van der Waals surface area contributed by atoms with Crippen molar-refractivity contribution in [2.24, 2.45) is 11.3 Å². The summed E-state index contributed by atoms with van der Waals surface area (Å²) in [5.41, 5.74) is 0.920. The average molecular weight is 340 g/mol. The van der Waals surface area contributed by atoms with Gasteiger partial charge in [0, 0.05) is 18.7 Å². The van der Waals surface area contributed by atoms with Gasteiger partial charge in [-0.15, -0.1) is 5.10 Å². The molecule has 0 radical (unpaired) electrons. The van der Waals surface area contributed by atoms with Crippen LogP contribution in [0.5, 0.6) is 0 Å². The van der Waals surface area contributed by atoms with Gasteiger partial charge in [-0.25, -0.2) is 4.68 Å². The number of fused-ring (bicyclic) bond motifs is 1. The van der Waals surface area contributed by atoms with E-state index in [0.717, 1.165) is 18.4 Å². The zero-order valence-electron chi connectivity index (χ0n) is 13.8. The predicted molar refractivity (Wildman–Crippen MR) is 89.4 cm³/mol. The highest BCUT2D eigenvalue weighted by Gasteiger charge is 2.55. The number of likely N-dealkylation sites (tertiary alicyclic amines) is 1. The van der Waals surface area contributed by atoms with E-state index in [1.165, 1.54) is 4.68 Å². The Balaban J connectivity index is 1.45. The van der Waals surface area contributed by atoms with Crippen LogP contribution < -0.4 is 0 Å². The van der Waals surface area contributed by atoms with Gasteiger partial charge in [-0.2, -0.15) is 0 Å². The monoisotopic (exact) mass is 340 g/mol. The summed E-state index contributed by atoms with van der Waals surface area (Å²) in [6, 6.07) is 9.66. The smallest absolute Gasteiger partial charge is 0.311 e. The van der Waals surface area contributed by atoms with Crippen LogP contribution in [0.2, 0.25) is 0 Å². The molecule has 130 valence electrons. The molecule has 0 spiro atoms. The highest BCUT2D eigenvalue weighted by Crippen LogP contribution is 2.48. The van der Waals surface area contributed by atoms with Crippen molar-refractivity contribution in [3.05, 3.63) is 36.5 Å². The second kappa shape index (κ2) is 5.98. The lowest BCUT2D eigenvalue weighted by molar-refractivity contribution is -0.149. The van der Waals surface area contributed by atoms with Crippen LogP contribution in [0.4, 0.5) is 0 Å². The summed E-state index contributed by atoms with van der Waals surface area (Å²) < 4.78 is 1.52. The second-order valence-corrected chi connectivity index (χ2v) is 6.99. The first-order valence-corrected chi connectivity index (χ1v) is 8.55. The molecule has 1 aliphatic heterocycles. The summed E-state index contributed by atoms with van der Waals surface area (Å²) in [7, 11) is 0. The molecule has 7 nitrogen and oxygen atoms in total. The molecule has 25 heavy (non-hydrogen) atoms. The lowest BCUT2D eigenvalue weighted by Gasteiger charge is -2.23. The molecule has 7 heteroatoms. The van der Waals surface area contributed by atoms with Crippen LogP contribution in [-0.2, 0) is 16.1 Å². The van der Waals surface area contributed by atoms with Crippen molar-refractivity contribution < 1.29 is 14.7 Å². The van der Waals surface area contributed by atoms with Gasteiger partial charge in [0.25, 0.3) is 0 Å². The van der Waals surface area contributed by atoms with E-state index in [9.17, 15) is 14.7 Å². The van der Waals surface area contributed by atoms with Crippen LogP contribution in [0.25, 0.3) is 11.3 Å². The molecule has 1 aromatic heterocycles. The number of carbonyl (C=O) groups is 2. The van der Waals surface area contributed by atoms with Crippen molar-refractivity contribution in [3.63, 3.8) is 0 Å². The van der Waals surface area contributed by atoms with Crippen LogP contribution in [-0.4, -0.2) is 50.0 Å². The number of benzene rings is 1. The summed E-state index contributed by atoms with van der Waals surface area (Å²) >= 11 is 0. The Morgan fingerprint density at radius 1 is 1.28 bits per heavy atom. The number of amides is 1. The van der Waals surface area contributed by atoms with Crippen LogP contribution in [0.3, 0.4) is 0 Å². The van der Waals surface area contributed by atoms with Crippen molar-refractivity contribution in [2.45, 2.75) is 25.8 Å². The molecule has 2 aliphatic rings. The predicted octanol–water partition coefficient (Wildman–Crippen LogP) is 1.66. The van der Waals surface area contributed by atoms with E-state index in [2.05, 4.69) is 10.3 Å². The van der Waals surface area contributed by atoms with Crippen molar-refractivity contribution >= 4 is 11.9 Å². The molecule has 2 atom stereocenters. The zero-order chi connectivity index (χ0) is 17.4. The maximum atomic E-state index is 12.6. The molecule has 0 bridgehead atoms. The molecule has 1 saturated carbocycles. The van der Waals surface area contributed by atoms with Crippen LogP contribution >= 0.6 is 0 Å². The molecule has 1 amide bonds. The third-order valence-electron chi connectivity index (χ3n) is 5.55. The molecule has 2 heterocycles. The largest absolute Gasteiger partial charge is 0.481 e. The molecule has 2 aromatic rings. The van der Waals surface area contributed by atoms with Gasteiger partial charge in [-0.05, 0) is 18.8 Å². The molecule has 2 fully saturated rings. The summed E-state index contributed by atoms with van der Waals surface area (Å²) in [5, 5.41) is 17.8. The molecule has 1 N–H and O–H groups in total. The van der Waals surface area contributed by atoms with E-state index < -0.39 is 11.4 Å². The van der Waals surface area contributed by atoms with E-state index in [4.69, 9.17) is 0 Å². The highest BCUT2D eigenvalue weighted by atomic mass is 16.4. The number of carboxylic acid groups (broad SMARTS) is 1. The fourth-order valence-corrected chi connectivity index (χ4v) is 4.18. The lowest BCUT2D eigenvalue weighted by atomic mass is 9.81. The molecular formula is C18H20N4O3. The number of aromatic nitrogens is 3. The third kappa shape index (κ3) is 2.69. The summed E-state index contributed by atoms with van der Waals surface area (Å²) in [6.07, 6.45) is 4.23. The maximum absolute atomic E-state index is 12.6. The Bertz CT molecular complexity index is 804. The third-order valence-corrected chi connectivity index (χ3v) is 5.55. The number of carboxylic acids is 1. The Kier molecular flexibility index (Phi) is 3.78. The molecular weight excluding hydrogens is 320 g/mol. The molecule has 0 unspecified atom stereocenters. The number of nitrogens with zero attached hydrogens (tertiary/aromatic N) is 4. The lowest BCUT2D eigenvalue weighted by Crippen LogP contribution is -2.38. The maximum Gasteiger partial charge on any atom is 0.311 e. The topological polar surface area (TPSA) is 88.3 Å². The van der Waals surface area contributed by atoms with E-state index in [0.29, 0.717) is 25.2 Å². The minimum absolute atomic E-state index is 0.0737. The first-order valence-electron chi connectivity index (χ1n) is 8.55. The van der Waals surface area contributed by atoms with E-state index in [1.54, 1.807) is 11.1 Å². The first-order chi connectivity index (χ1) is 12.1. The van der Waals surface area contributed by atoms with Gasteiger partial charge in [0.15, 0.2) is 0 Å². The van der Waals surface area contributed by atoms with Crippen LogP contribution in [0.1, 0.15) is 19.3 Å². The number of aliphatic carboxylic acids is 1. The molecule has 1 saturated heterocycles. The minimum atomic E-state index is -0.766. The van der Waals surface area contributed by atoms with Crippen molar-refractivity contribution in [2.75, 3.05) is 13.1 Å². The number of hydrogen-bond donors (Lipinski definition) is 1. The Morgan fingerprint density at radius 2 is 2.08 bits per heavy atom. The quantitative estimate of drug-likeness (QED) is 0.914. The molecule has 1 aliphatic carbocycles. The molecule has 4 rings (SSSR count). The number of rotatable bonds is 4. The van der Waals surface area contributed by atoms with Crippen molar-refractivity contribution in [1.82, 2.24) is 19.9 Å².